The van der Waals surface area contributed by atoms with Gasteiger partial charge in [-0.05, 0) is 51.6 Å². The van der Waals surface area contributed by atoms with E-state index in [4.69, 9.17) is 9.47 Å². The minimum absolute atomic E-state index is 0.103. The van der Waals surface area contributed by atoms with Crippen LogP contribution >= 0.6 is 11.3 Å². The summed E-state index contributed by atoms with van der Waals surface area (Å²) in [7, 11) is 0. The minimum atomic E-state index is -0.103. The molecular weight excluding hydrogens is 547 g/mol. The predicted octanol–water partition coefficient (Wildman–Crippen LogP) is 10.6. The van der Waals surface area contributed by atoms with Crippen molar-refractivity contribution in [2.24, 2.45) is 0 Å². The van der Waals surface area contributed by atoms with Gasteiger partial charge in [-0.3, -0.25) is 4.90 Å². The highest BCUT2D eigenvalue weighted by Gasteiger charge is 2.39. The summed E-state index contributed by atoms with van der Waals surface area (Å²) in [5.41, 5.74) is 10.9. The average Bonchev–Trinajstić information content (AvgIpc) is 3.56. The lowest BCUT2D eigenvalue weighted by Crippen LogP contribution is -2.18. The summed E-state index contributed by atoms with van der Waals surface area (Å²) in [5.74, 6) is 1.64. The summed E-state index contributed by atoms with van der Waals surface area (Å²) >= 11 is 1.73. The molecule has 8 rings (SSSR count). The third-order valence-electron chi connectivity index (χ3n) is 8.68. The van der Waals surface area contributed by atoms with Crippen molar-refractivity contribution in [2.45, 2.75) is 19.3 Å². The van der Waals surface area contributed by atoms with Crippen molar-refractivity contribution in [1.29, 1.82) is 0 Å². The normalized spacial score (nSPS) is 14.2. The average molecular weight is 578 g/mol. The van der Waals surface area contributed by atoms with Crippen LogP contribution in [0.1, 0.15) is 25.0 Å². The molecular formula is C39H31NO2S. The van der Waals surface area contributed by atoms with Crippen molar-refractivity contribution in [2.75, 3.05) is 18.1 Å². The molecule has 0 saturated carbocycles. The lowest BCUT2D eigenvalue weighted by atomic mass is 9.82. The number of hydrogen-bond acceptors (Lipinski definition) is 4. The number of fused-ring (bicyclic) bond motifs is 4. The Balaban J connectivity index is 1.38. The van der Waals surface area contributed by atoms with Crippen LogP contribution in [-0.2, 0) is 5.41 Å². The van der Waals surface area contributed by atoms with E-state index in [-0.39, 0.29) is 5.41 Å². The van der Waals surface area contributed by atoms with Gasteiger partial charge in [-0.25, -0.2) is 0 Å². The third kappa shape index (κ3) is 4.16. The van der Waals surface area contributed by atoms with E-state index in [1.165, 1.54) is 33.4 Å². The second-order valence-corrected chi connectivity index (χ2v) is 12.6. The maximum absolute atomic E-state index is 6.45. The van der Waals surface area contributed by atoms with Gasteiger partial charge in [0.1, 0.15) is 18.2 Å². The SMILES string of the molecule is CC1(C)c2ccccc2-c2c(N(c3ccc(-c4ccccc4)cc3)c3sc(-c4ccccc4)c4c3OCCO4)cccc21. The van der Waals surface area contributed by atoms with Gasteiger partial charge in [-0.1, -0.05) is 123 Å². The molecule has 2 heterocycles. The molecule has 0 fully saturated rings. The maximum Gasteiger partial charge on any atom is 0.197 e. The molecule has 1 aromatic heterocycles. The van der Waals surface area contributed by atoms with Crippen molar-refractivity contribution in [1.82, 2.24) is 0 Å². The van der Waals surface area contributed by atoms with E-state index in [9.17, 15) is 0 Å². The largest absolute Gasteiger partial charge is 0.485 e. The zero-order valence-corrected chi connectivity index (χ0v) is 25.0. The summed E-state index contributed by atoms with van der Waals surface area (Å²) in [5, 5.41) is 1.02. The summed E-state index contributed by atoms with van der Waals surface area (Å²) in [4.78, 5) is 3.47. The van der Waals surface area contributed by atoms with Crippen LogP contribution in [0.2, 0.25) is 0 Å². The van der Waals surface area contributed by atoms with Crippen molar-refractivity contribution >= 4 is 27.7 Å². The molecule has 1 aliphatic heterocycles. The van der Waals surface area contributed by atoms with Crippen LogP contribution in [0.25, 0.3) is 32.7 Å². The zero-order valence-electron chi connectivity index (χ0n) is 24.2. The Morgan fingerprint density at radius 3 is 1.93 bits per heavy atom. The summed E-state index contributed by atoms with van der Waals surface area (Å²) in [6.07, 6.45) is 0. The highest BCUT2D eigenvalue weighted by atomic mass is 32.1. The van der Waals surface area contributed by atoms with E-state index >= 15 is 0 Å². The number of ether oxygens (including phenoxy) is 2. The molecule has 4 heteroatoms. The fourth-order valence-corrected chi connectivity index (χ4v) is 7.81. The van der Waals surface area contributed by atoms with Gasteiger partial charge in [-0.15, -0.1) is 11.3 Å². The van der Waals surface area contributed by atoms with Crippen molar-refractivity contribution in [3.63, 3.8) is 0 Å². The summed E-state index contributed by atoms with van der Waals surface area (Å²) in [6.45, 7) is 5.72. The van der Waals surface area contributed by atoms with Gasteiger partial charge in [0.05, 0.1) is 10.6 Å². The molecule has 0 unspecified atom stereocenters. The Morgan fingerprint density at radius 2 is 1.19 bits per heavy atom. The number of hydrogen-bond donors (Lipinski definition) is 0. The Bertz CT molecular complexity index is 1940. The molecule has 0 bridgehead atoms. The van der Waals surface area contributed by atoms with Gasteiger partial charge < -0.3 is 9.47 Å². The maximum atomic E-state index is 6.45. The second-order valence-electron chi connectivity index (χ2n) is 11.6. The molecule has 6 aromatic rings. The van der Waals surface area contributed by atoms with Crippen LogP contribution in [0.4, 0.5) is 16.4 Å². The zero-order chi connectivity index (χ0) is 29.0. The Labute approximate surface area is 256 Å². The van der Waals surface area contributed by atoms with Gasteiger partial charge in [0.25, 0.3) is 0 Å². The van der Waals surface area contributed by atoms with Crippen molar-refractivity contribution < 1.29 is 9.47 Å². The Hall–Kier alpha value is -4.80. The number of benzene rings is 5. The number of nitrogens with zero attached hydrogens (tertiary/aromatic N) is 1. The molecule has 0 radical (unpaired) electrons. The standard InChI is InChI=1S/C39H31NO2S/c1-39(2)31-17-10-9-16-30(31)34-32(39)18-11-19-33(34)40(29-22-20-27(21-23-29)26-12-5-3-6-13-26)38-36-35(41-24-25-42-36)37(43-38)28-14-7-4-8-15-28/h3-23H,24-25H2,1-2H3. The molecule has 5 aromatic carbocycles. The van der Waals surface area contributed by atoms with E-state index in [0.717, 1.165) is 38.3 Å². The molecule has 2 aliphatic rings. The Morgan fingerprint density at radius 1 is 0.581 bits per heavy atom. The first-order chi connectivity index (χ1) is 21.1. The highest BCUT2D eigenvalue weighted by Crippen LogP contribution is 2.60. The van der Waals surface area contributed by atoms with Crippen LogP contribution in [-0.4, -0.2) is 13.2 Å². The van der Waals surface area contributed by atoms with E-state index in [1.807, 2.05) is 0 Å². The van der Waals surface area contributed by atoms with Crippen LogP contribution < -0.4 is 14.4 Å². The molecule has 3 nitrogen and oxygen atoms in total. The first kappa shape index (κ1) is 25.9. The fraction of sp³-hybridized carbons (Fsp3) is 0.128. The van der Waals surface area contributed by atoms with Gasteiger partial charge in [-0.2, -0.15) is 0 Å². The van der Waals surface area contributed by atoms with Crippen molar-refractivity contribution in [3.8, 4) is 44.2 Å². The monoisotopic (exact) mass is 577 g/mol. The lowest BCUT2D eigenvalue weighted by molar-refractivity contribution is 0.175. The second kappa shape index (κ2) is 10.2. The van der Waals surface area contributed by atoms with Gasteiger partial charge >= 0.3 is 0 Å². The third-order valence-corrected chi connectivity index (χ3v) is 9.87. The molecule has 210 valence electrons. The topological polar surface area (TPSA) is 21.7 Å². The number of anilines is 3. The van der Waals surface area contributed by atoms with Gasteiger partial charge in [0, 0.05) is 16.7 Å². The first-order valence-corrected chi connectivity index (χ1v) is 15.6. The van der Waals surface area contributed by atoms with Gasteiger partial charge in [0.15, 0.2) is 11.5 Å². The first-order valence-electron chi connectivity index (χ1n) is 14.8. The van der Waals surface area contributed by atoms with E-state index in [2.05, 4.69) is 146 Å². The molecule has 0 N–H and O–H groups in total. The minimum Gasteiger partial charge on any atom is -0.485 e. The van der Waals surface area contributed by atoms with E-state index in [0.29, 0.717) is 13.2 Å². The molecule has 1 aliphatic carbocycles. The van der Waals surface area contributed by atoms with E-state index in [1.54, 1.807) is 11.3 Å². The lowest BCUT2D eigenvalue weighted by Gasteiger charge is -2.29. The number of thiophene rings is 1. The summed E-state index contributed by atoms with van der Waals surface area (Å²) in [6, 6.07) is 45.5. The highest BCUT2D eigenvalue weighted by molar-refractivity contribution is 7.20. The van der Waals surface area contributed by atoms with Crippen LogP contribution in [0.15, 0.2) is 127 Å². The summed E-state index contributed by atoms with van der Waals surface area (Å²) < 4.78 is 12.8. The molecule has 0 saturated heterocycles. The van der Waals surface area contributed by atoms with Crippen LogP contribution in [0.3, 0.4) is 0 Å². The molecule has 43 heavy (non-hydrogen) atoms. The Kier molecular flexibility index (Phi) is 6.13. The fourth-order valence-electron chi connectivity index (χ4n) is 6.58. The van der Waals surface area contributed by atoms with E-state index < -0.39 is 0 Å². The van der Waals surface area contributed by atoms with Crippen LogP contribution in [0, 0.1) is 0 Å². The smallest absolute Gasteiger partial charge is 0.197 e. The van der Waals surface area contributed by atoms with Crippen LogP contribution in [0.5, 0.6) is 11.5 Å². The predicted molar refractivity (Wildman–Crippen MR) is 178 cm³/mol. The quantitative estimate of drug-likeness (QED) is 0.203. The van der Waals surface area contributed by atoms with Crippen molar-refractivity contribution in [3.05, 3.63) is 139 Å². The molecule has 0 amide bonds. The molecule has 0 spiro atoms. The molecule has 0 atom stereocenters. The van der Waals surface area contributed by atoms with Gasteiger partial charge in [0.2, 0.25) is 0 Å². The number of rotatable bonds is 5.